The molecule has 2 aromatic heterocycles. The smallest absolute Gasteiger partial charge is 0.0900 e. The van der Waals surface area contributed by atoms with Gasteiger partial charge in [-0.3, -0.25) is 0 Å². The van der Waals surface area contributed by atoms with E-state index < -0.39 is 0 Å². The average molecular weight is 461 g/mol. The van der Waals surface area contributed by atoms with Crippen molar-refractivity contribution in [1.82, 2.24) is 9.97 Å². The molecule has 31 heavy (non-hydrogen) atoms. The second-order valence-corrected chi connectivity index (χ2v) is 8.55. The molecule has 0 unspecified atom stereocenters. The van der Waals surface area contributed by atoms with Gasteiger partial charge in [-0.25, -0.2) is 9.97 Å². The maximum absolute atomic E-state index is 5.03. The van der Waals surface area contributed by atoms with E-state index in [-0.39, 0.29) is 0 Å². The highest BCUT2D eigenvalue weighted by Crippen LogP contribution is 2.36. The number of benzene rings is 4. The number of nitrogens with zero attached hydrogens (tertiary/aromatic N) is 2. The highest BCUT2D eigenvalue weighted by atomic mass is 79.9. The zero-order valence-corrected chi connectivity index (χ0v) is 18.2. The lowest BCUT2D eigenvalue weighted by Gasteiger charge is -2.13. The van der Waals surface area contributed by atoms with E-state index in [2.05, 4.69) is 101 Å². The third kappa shape index (κ3) is 3.18. The zero-order valence-electron chi connectivity index (χ0n) is 16.6. The summed E-state index contributed by atoms with van der Waals surface area (Å²) in [4.78, 5) is 9.93. The molecule has 4 aromatic carbocycles. The minimum absolute atomic E-state index is 0.881. The number of para-hydroxylation sites is 1. The van der Waals surface area contributed by atoms with E-state index in [1.807, 2.05) is 18.2 Å². The van der Waals surface area contributed by atoms with Gasteiger partial charge in [0.1, 0.15) is 0 Å². The van der Waals surface area contributed by atoms with E-state index in [0.29, 0.717) is 0 Å². The summed E-state index contributed by atoms with van der Waals surface area (Å²) in [5.41, 5.74) is 6.04. The first kappa shape index (κ1) is 18.2. The minimum Gasteiger partial charge on any atom is -0.246 e. The van der Waals surface area contributed by atoms with Crippen LogP contribution in [0.1, 0.15) is 0 Å². The highest BCUT2D eigenvalue weighted by Gasteiger charge is 2.13. The van der Waals surface area contributed by atoms with Crippen LogP contribution in [-0.4, -0.2) is 9.97 Å². The second-order valence-electron chi connectivity index (χ2n) is 7.63. The molecule has 0 aliphatic heterocycles. The molecule has 2 heterocycles. The quantitative estimate of drug-likeness (QED) is 0.244. The maximum atomic E-state index is 5.03. The molecule has 0 atom stereocenters. The van der Waals surface area contributed by atoms with E-state index >= 15 is 0 Å². The predicted octanol–water partition coefficient (Wildman–Crippen LogP) is 8.03. The third-order valence-electron chi connectivity index (χ3n) is 5.71. The summed E-state index contributed by atoms with van der Waals surface area (Å²) in [5, 5.41) is 4.73. The molecule has 0 bridgehead atoms. The molecule has 146 valence electrons. The summed E-state index contributed by atoms with van der Waals surface area (Å²) in [7, 11) is 0. The van der Waals surface area contributed by atoms with Gasteiger partial charge in [0.2, 0.25) is 0 Å². The van der Waals surface area contributed by atoms with Crippen molar-refractivity contribution in [2.45, 2.75) is 0 Å². The van der Waals surface area contributed by atoms with E-state index in [4.69, 9.17) is 9.97 Å². The fraction of sp³-hybridized carbons (Fsp3) is 0. The fourth-order valence-corrected chi connectivity index (χ4v) is 4.47. The first-order valence-corrected chi connectivity index (χ1v) is 11.0. The predicted molar refractivity (Wildman–Crippen MR) is 133 cm³/mol. The number of aromatic nitrogens is 2. The molecule has 0 N–H and O–H groups in total. The standard InChI is InChI=1S/C28H17BrN2/c29-21-13-9-19(10-14-21)23-17-27(25-15-12-20-6-2-4-8-24(20)30-25)31-26-16-11-18-5-1-3-7-22(18)28(23)26/h1-17H. The van der Waals surface area contributed by atoms with Gasteiger partial charge in [-0.1, -0.05) is 82.7 Å². The summed E-state index contributed by atoms with van der Waals surface area (Å²) in [6.07, 6.45) is 0. The Hall–Kier alpha value is -3.56. The van der Waals surface area contributed by atoms with Gasteiger partial charge in [0, 0.05) is 15.2 Å². The van der Waals surface area contributed by atoms with Gasteiger partial charge in [0.25, 0.3) is 0 Å². The molecule has 0 fully saturated rings. The van der Waals surface area contributed by atoms with Crippen molar-refractivity contribution >= 4 is 48.5 Å². The summed E-state index contributed by atoms with van der Waals surface area (Å²) < 4.78 is 1.07. The van der Waals surface area contributed by atoms with Crippen LogP contribution < -0.4 is 0 Å². The molecule has 0 saturated heterocycles. The monoisotopic (exact) mass is 460 g/mol. The summed E-state index contributed by atoms with van der Waals surface area (Å²) in [6, 6.07) is 35.8. The Morgan fingerprint density at radius 1 is 0.548 bits per heavy atom. The molecule has 0 amide bonds. The van der Waals surface area contributed by atoms with Crippen molar-refractivity contribution in [2.75, 3.05) is 0 Å². The molecule has 0 spiro atoms. The maximum Gasteiger partial charge on any atom is 0.0900 e. The summed E-state index contributed by atoms with van der Waals surface area (Å²) in [5.74, 6) is 0. The fourth-order valence-electron chi connectivity index (χ4n) is 4.20. The van der Waals surface area contributed by atoms with Gasteiger partial charge in [0.05, 0.1) is 22.4 Å². The van der Waals surface area contributed by atoms with E-state index in [1.165, 1.54) is 21.7 Å². The SMILES string of the molecule is Brc1ccc(-c2cc(-c3ccc4ccccc4n3)nc3ccc4ccccc4c23)cc1. The van der Waals surface area contributed by atoms with Gasteiger partial charge in [-0.2, -0.15) is 0 Å². The number of pyridine rings is 2. The van der Waals surface area contributed by atoms with Gasteiger partial charge in [-0.05, 0) is 58.3 Å². The average Bonchev–Trinajstić information content (AvgIpc) is 2.83. The summed E-state index contributed by atoms with van der Waals surface area (Å²) in [6.45, 7) is 0. The topological polar surface area (TPSA) is 25.8 Å². The van der Waals surface area contributed by atoms with E-state index in [9.17, 15) is 0 Å². The van der Waals surface area contributed by atoms with Crippen molar-refractivity contribution in [3.05, 3.63) is 108 Å². The summed E-state index contributed by atoms with van der Waals surface area (Å²) >= 11 is 3.56. The highest BCUT2D eigenvalue weighted by molar-refractivity contribution is 9.10. The van der Waals surface area contributed by atoms with Gasteiger partial charge < -0.3 is 0 Å². The Labute approximate surface area is 188 Å². The molecule has 6 rings (SSSR count). The molecule has 0 radical (unpaired) electrons. The first-order chi connectivity index (χ1) is 15.3. The number of hydrogen-bond donors (Lipinski definition) is 0. The lowest BCUT2D eigenvalue weighted by Crippen LogP contribution is -1.93. The number of halogens is 1. The van der Waals surface area contributed by atoms with Crippen molar-refractivity contribution in [2.24, 2.45) is 0 Å². The Morgan fingerprint density at radius 3 is 2.13 bits per heavy atom. The van der Waals surface area contributed by atoms with Crippen LogP contribution in [-0.2, 0) is 0 Å². The molecule has 2 nitrogen and oxygen atoms in total. The molecular weight excluding hydrogens is 444 g/mol. The number of fused-ring (bicyclic) bond motifs is 4. The lowest BCUT2D eigenvalue weighted by molar-refractivity contribution is 1.32. The van der Waals surface area contributed by atoms with Crippen molar-refractivity contribution in [3.63, 3.8) is 0 Å². The molecule has 6 aromatic rings. The second kappa shape index (κ2) is 7.29. The van der Waals surface area contributed by atoms with Crippen LogP contribution in [0.3, 0.4) is 0 Å². The normalized spacial score (nSPS) is 11.4. The van der Waals surface area contributed by atoms with Gasteiger partial charge in [-0.15, -0.1) is 0 Å². The van der Waals surface area contributed by atoms with Crippen molar-refractivity contribution < 1.29 is 0 Å². The molecular formula is C28H17BrN2. The third-order valence-corrected chi connectivity index (χ3v) is 6.24. The first-order valence-electron chi connectivity index (χ1n) is 10.2. The number of rotatable bonds is 2. The van der Waals surface area contributed by atoms with Crippen LogP contribution in [0.2, 0.25) is 0 Å². The molecule has 0 saturated carbocycles. The van der Waals surface area contributed by atoms with Crippen LogP contribution >= 0.6 is 15.9 Å². The molecule has 0 aliphatic carbocycles. The van der Waals surface area contributed by atoms with Crippen LogP contribution in [0.5, 0.6) is 0 Å². The zero-order chi connectivity index (χ0) is 20.8. The number of hydrogen-bond acceptors (Lipinski definition) is 2. The van der Waals surface area contributed by atoms with E-state index in [0.717, 1.165) is 37.8 Å². The Morgan fingerprint density at radius 2 is 1.26 bits per heavy atom. The molecule has 0 aliphatic rings. The van der Waals surface area contributed by atoms with Crippen LogP contribution in [0.4, 0.5) is 0 Å². The lowest BCUT2D eigenvalue weighted by atomic mass is 9.95. The van der Waals surface area contributed by atoms with Gasteiger partial charge in [0.15, 0.2) is 0 Å². The minimum atomic E-state index is 0.881. The Balaban J connectivity index is 1.68. The Bertz CT molecular complexity index is 1590. The van der Waals surface area contributed by atoms with Gasteiger partial charge >= 0.3 is 0 Å². The van der Waals surface area contributed by atoms with E-state index in [1.54, 1.807) is 0 Å². The largest absolute Gasteiger partial charge is 0.246 e. The van der Waals surface area contributed by atoms with Crippen LogP contribution in [0.25, 0.3) is 55.1 Å². The van der Waals surface area contributed by atoms with Crippen LogP contribution in [0.15, 0.2) is 108 Å². The van der Waals surface area contributed by atoms with Crippen LogP contribution in [0, 0.1) is 0 Å². The molecule has 3 heteroatoms. The Kier molecular flexibility index (Phi) is 4.29. The van der Waals surface area contributed by atoms with Crippen molar-refractivity contribution in [1.29, 1.82) is 0 Å². The van der Waals surface area contributed by atoms with Crippen molar-refractivity contribution in [3.8, 4) is 22.5 Å².